The molecule has 4 aliphatic heterocycles. The van der Waals surface area contributed by atoms with Gasteiger partial charge in [0.15, 0.2) is 0 Å². The van der Waals surface area contributed by atoms with Crippen molar-refractivity contribution in [3.63, 3.8) is 0 Å². The van der Waals surface area contributed by atoms with Crippen molar-refractivity contribution in [1.29, 1.82) is 0 Å². The van der Waals surface area contributed by atoms with Crippen LogP contribution in [0.1, 0.15) is 25.7 Å². The van der Waals surface area contributed by atoms with Gasteiger partial charge >= 0.3 is 0 Å². The number of morpholine rings is 1. The van der Waals surface area contributed by atoms with Crippen LogP contribution in [-0.4, -0.2) is 122 Å². The molecule has 0 spiro atoms. The van der Waals surface area contributed by atoms with E-state index < -0.39 is 0 Å². The lowest BCUT2D eigenvalue weighted by Crippen LogP contribution is -2.55. The Morgan fingerprint density at radius 2 is 1.62 bits per heavy atom. The van der Waals surface area contributed by atoms with E-state index in [4.69, 9.17) is 4.74 Å². The van der Waals surface area contributed by atoms with Crippen LogP contribution < -0.4 is 0 Å². The zero-order valence-corrected chi connectivity index (χ0v) is 17.5. The number of nitrogens with zero attached hydrogens (tertiary/aromatic N) is 4. The Kier molecular flexibility index (Phi) is 7.16. The Morgan fingerprint density at radius 1 is 0.846 bits per heavy atom. The number of piperidine rings is 2. The Balaban J connectivity index is 1.26. The Morgan fingerprint density at radius 3 is 2.42 bits per heavy atom. The molecule has 4 saturated heterocycles. The Hall–Kier alpha value is 0.150. The number of hydrogen-bond acceptors (Lipinski definition) is 6. The summed E-state index contributed by atoms with van der Waals surface area (Å²) in [7, 11) is 2.29. The highest BCUT2D eigenvalue weighted by molar-refractivity contribution is 8.00. The first-order valence-electron chi connectivity index (χ1n) is 10.9. The largest absolute Gasteiger partial charge is 0.379 e. The third kappa shape index (κ3) is 5.15. The van der Waals surface area contributed by atoms with E-state index in [1.54, 1.807) is 0 Å². The average molecular weight is 383 g/mol. The molecule has 0 amide bonds. The minimum absolute atomic E-state index is 0.768. The predicted octanol–water partition coefficient (Wildman–Crippen LogP) is 1.29. The predicted molar refractivity (Wildman–Crippen MR) is 110 cm³/mol. The standard InChI is InChI=1S/C20H38N4OS/c1-21-6-2-4-18(14-21)24-10-13-26-20(17-24)16-22-7-3-5-19(15-22)23-8-11-25-12-9-23/h18-20H,2-17H2,1H3. The van der Waals surface area contributed by atoms with Crippen LogP contribution in [-0.2, 0) is 4.74 Å². The van der Waals surface area contributed by atoms with Crippen molar-refractivity contribution in [3.8, 4) is 0 Å². The van der Waals surface area contributed by atoms with Crippen LogP contribution in [0.3, 0.4) is 0 Å². The second-order valence-corrected chi connectivity index (χ2v) is 10.2. The number of likely N-dealkylation sites (N-methyl/N-ethyl adjacent to an activating group) is 1. The van der Waals surface area contributed by atoms with E-state index in [-0.39, 0.29) is 0 Å². The van der Waals surface area contributed by atoms with Gasteiger partial charge in [-0.25, -0.2) is 0 Å². The Labute approximate surface area is 164 Å². The maximum atomic E-state index is 5.55. The van der Waals surface area contributed by atoms with Gasteiger partial charge in [0.2, 0.25) is 0 Å². The molecule has 0 aromatic rings. The molecule has 0 saturated carbocycles. The maximum absolute atomic E-state index is 5.55. The molecule has 3 unspecified atom stereocenters. The number of rotatable bonds is 4. The number of likely N-dealkylation sites (tertiary alicyclic amines) is 2. The van der Waals surface area contributed by atoms with Gasteiger partial charge in [-0.2, -0.15) is 11.8 Å². The van der Waals surface area contributed by atoms with Crippen LogP contribution in [0.5, 0.6) is 0 Å². The van der Waals surface area contributed by atoms with E-state index in [0.29, 0.717) is 0 Å². The van der Waals surface area contributed by atoms with E-state index in [9.17, 15) is 0 Å². The summed E-state index contributed by atoms with van der Waals surface area (Å²) < 4.78 is 5.55. The van der Waals surface area contributed by atoms with Crippen molar-refractivity contribution in [2.75, 3.05) is 84.9 Å². The lowest BCUT2D eigenvalue weighted by molar-refractivity contribution is -0.00299. The molecule has 4 aliphatic rings. The molecule has 0 aliphatic carbocycles. The smallest absolute Gasteiger partial charge is 0.0594 e. The van der Waals surface area contributed by atoms with Gasteiger partial charge in [-0.3, -0.25) is 9.80 Å². The van der Waals surface area contributed by atoms with Crippen molar-refractivity contribution in [1.82, 2.24) is 19.6 Å². The highest BCUT2D eigenvalue weighted by Crippen LogP contribution is 2.26. The van der Waals surface area contributed by atoms with Crippen LogP contribution in [0.25, 0.3) is 0 Å². The van der Waals surface area contributed by atoms with Crippen molar-refractivity contribution in [2.45, 2.75) is 43.0 Å². The number of hydrogen-bond donors (Lipinski definition) is 0. The normalized spacial score (nSPS) is 37.0. The zero-order valence-electron chi connectivity index (χ0n) is 16.7. The first kappa shape index (κ1) is 19.5. The summed E-state index contributed by atoms with van der Waals surface area (Å²) in [5.41, 5.74) is 0. The average Bonchev–Trinajstić information content (AvgIpc) is 2.69. The number of ether oxygens (including phenoxy) is 1. The van der Waals surface area contributed by atoms with Gasteiger partial charge in [-0.05, 0) is 45.8 Å². The van der Waals surface area contributed by atoms with Gasteiger partial charge in [0.1, 0.15) is 0 Å². The third-order valence-corrected chi connectivity index (χ3v) is 7.98. The molecule has 5 nitrogen and oxygen atoms in total. The lowest BCUT2D eigenvalue weighted by Gasteiger charge is -2.44. The summed E-state index contributed by atoms with van der Waals surface area (Å²) in [5.74, 6) is 1.33. The Bertz CT molecular complexity index is 434. The van der Waals surface area contributed by atoms with E-state index in [1.807, 2.05) is 0 Å². The van der Waals surface area contributed by atoms with Crippen molar-refractivity contribution >= 4 is 11.8 Å². The monoisotopic (exact) mass is 382 g/mol. The van der Waals surface area contributed by atoms with Crippen molar-refractivity contribution < 1.29 is 4.74 Å². The number of thioether (sulfide) groups is 1. The zero-order chi connectivity index (χ0) is 17.8. The van der Waals surface area contributed by atoms with Crippen molar-refractivity contribution in [3.05, 3.63) is 0 Å². The maximum Gasteiger partial charge on any atom is 0.0594 e. The molecule has 0 N–H and O–H groups in total. The van der Waals surface area contributed by atoms with Gasteiger partial charge in [0.05, 0.1) is 13.2 Å². The molecule has 150 valence electrons. The van der Waals surface area contributed by atoms with Gasteiger partial charge in [0.25, 0.3) is 0 Å². The van der Waals surface area contributed by atoms with E-state index >= 15 is 0 Å². The molecule has 0 aromatic carbocycles. The van der Waals surface area contributed by atoms with Gasteiger partial charge in [-0.15, -0.1) is 0 Å². The van der Waals surface area contributed by atoms with Gasteiger partial charge < -0.3 is 14.5 Å². The van der Waals surface area contributed by atoms with Crippen molar-refractivity contribution in [2.24, 2.45) is 0 Å². The fourth-order valence-corrected chi connectivity index (χ4v) is 6.63. The molecule has 4 rings (SSSR count). The van der Waals surface area contributed by atoms with Crippen LogP contribution in [0, 0.1) is 0 Å². The van der Waals surface area contributed by atoms with Crippen LogP contribution >= 0.6 is 11.8 Å². The molecule has 6 heteroatoms. The molecule has 3 atom stereocenters. The second-order valence-electron chi connectivity index (χ2n) is 8.75. The third-order valence-electron chi connectivity index (χ3n) is 6.79. The molecule has 0 radical (unpaired) electrons. The second kappa shape index (κ2) is 9.57. The molecular formula is C20H38N4OS. The summed E-state index contributed by atoms with van der Waals surface area (Å²) in [6.07, 6.45) is 5.54. The molecule has 26 heavy (non-hydrogen) atoms. The quantitative estimate of drug-likeness (QED) is 0.726. The first-order valence-corrected chi connectivity index (χ1v) is 11.9. The topological polar surface area (TPSA) is 22.2 Å². The van der Waals surface area contributed by atoms with Gasteiger partial charge in [-0.1, -0.05) is 0 Å². The summed E-state index contributed by atoms with van der Waals surface area (Å²) >= 11 is 2.23. The molecule has 0 aromatic heterocycles. The summed E-state index contributed by atoms with van der Waals surface area (Å²) in [6.45, 7) is 13.2. The molecule has 0 bridgehead atoms. The summed E-state index contributed by atoms with van der Waals surface area (Å²) in [4.78, 5) is 10.8. The molecule has 4 heterocycles. The van der Waals surface area contributed by atoms with Crippen LogP contribution in [0.2, 0.25) is 0 Å². The van der Waals surface area contributed by atoms with E-state index in [2.05, 4.69) is 38.4 Å². The van der Waals surface area contributed by atoms with Crippen LogP contribution in [0.15, 0.2) is 0 Å². The minimum atomic E-state index is 0.768. The highest BCUT2D eigenvalue weighted by atomic mass is 32.2. The minimum Gasteiger partial charge on any atom is -0.379 e. The lowest BCUT2D eigenvalue weighted by atomic mass is 10.0. The SMILES string of the molecule is CN1CCCC(N2CCSC(CN3CCCC(N4CCOCC4)C3)C2)C1. The fourth-order valence-electron chi connectivity index (χ4n) is 5.35. The fraction of sp³-hybridized carbons (Fsp3) is 1.00. The summed E-state index contributed by atoms with van der Waals surface area (Å²) in [5, 5.41) is 0.805. The van der Waals surface area contributed by atoms with E-state index in [0.717, 1.165) is 43.6 Å². The highest BCUT2D eigenvalue weighted by Gasteiger charge is 2.32. The molecule has 4 fully saturated rings. The van der Waals surface area contributed by atoms with Gasteiger partial charge in [0, 0.05) is 68.9 Å². The van der Waals surface area contributed by atoms with Crippen LogP contribution in [0.4, 0.5) is 0 Å². The first-order chi connectivity index (χ1) is 12.8. The van der Waals surface area contributed by atoms with E-state index in [1.165, 1.54) is 77.2 Å². The summed E-state index contributed by atoms with van der Waals surface area (Å²) in [6, 6.07) is 1.57. The molecular weight excluding hydrogens is 344 g/mol.